The molecular weight excluding hydrogens is 322 g/mol. The second-order valence-electron chi connectivity index (χ2n) is 5.04. The molecule has 0 saturated carbocycles. The van der Waals surface area contributed by atoms with E-state index in [9.17, 15) is 14.4 Å². The van der Waals surface area contributed by atoms with E-state index in [0.717, 1.165) is 4.90 Å². The van der Waals surface area contributed by atoms with Gasteiger partial charge in [-0.05, 0) is 19.9 Å². The largest absolute Gasteiger partial charge is 0.455 e. The van der Waals surface area contributed by atoms with E-state index in [2.05, 4.69) is 0 Å². The first kappa shape index (κ1) is 18.2. The van der Waals surface area contributed by atoms with Gasteiger partial charge in [-0.2, -0.15) is 0 Å². The molecule has 0 aromatic carbocycles. The van der Waals surface area contributed by atoms with Crippen LogP contribution in [0.2, 0.25) is 0 Å². The average molecular weight is 343 g/mol. The van der Waals surface area contributed by atoms with E-state index < -0.39 is 36.5 Å². The summed E-state index contributed by atoms with van der Waals surface area (Å²) < 4.78 is 26.5. The molecule has 0 aromatic rings. The first-order valence-electron chi connectivity index (χ1n) is 7.75. The quantitative estimate of drug-likeness (QED) is 0.646. The number of amides is 2. The fraction of sp³-hybridized carbons (Fsp3) is 0.667. The van der Waals surface area contributed by atoms with Crippen LogP contribution in [0.4, 0.5) is 4.79 Å². The van der Waals surface area contributed by atoms with Gasteiger partial charge in [-0.25, -0.2) is 9.69 Å². The smallest absolute Gasteiger partial charge is 0.417 e. The third-order valence-electron chi connectivity index (χ3n) is 3.36. The lowest BCUT2D eigenvalue weighted by Gasteiger charge is -2.35. The fourth-order valence-corrected chi connectivity index (χ4v) is 2.41. The van der Waals surface area contributed by atoms with Crippen LogP contribution in [0.1, 0.15) is 20.8 Å². The fourth-order valence-electron chi connectivity index (χ4n) is 2.41. The molecule has 0 unspecified atom stereocenters. The molecule has 0 N–H and O–H groups in total. The molecule has 2 rings (SSSR count). The second kappa shape index (κ2) is 8.11. The minimum absolute atomic E-state index is 0.103. The van der Waals surface area contributed by atoms with Crippen LogP contribution in [0.5, 0.6) is 0 Å². The van der Waals surface area contributed by atoms with E-state index in [-0.39, 0.29) is 25.5 Å². The molecule has 0 radical (unpaired) electrons. The summed E-state index contributed by atoms with van der Waals surface area (Å²) in [5, 5.41) is 0. The highest BCUT2D eigenvalue weighted by molar-refractivity contribution is 6.01. The molecule has 2 aliphatic rings. The highest BCUT2D eigenvalue weighted by atomic mass is 16.7. The summed E-state index contributed by atoms with van der Waals surface area (Å²) in [5.41, 5.74) is 0. The molecule has 2 amide bonds. The maximum absolute atomic E-state index is 12.5. The van der Waals surface area contributed by atoms with Crippen molar-refractivity contribution in [3.8, 4) is 0 Å². The summed E-state index contributed by atoms with van der Waals surface area (Å²) in [4.78, 5) is 36.3. The molecule has 24 heavy (non-hydrogen) atoms. The van der Waals surface area contributed by atoms with Crippen molar-refractivity contribution < 1.29 is 38.1 Å². The number of rotatable bonds is 6. The molecule has 0 aliphatic carbocycles. The van der Waals surface area contributed by atoms with Crippen LogP contribution < -0.4 is 0 Å². The van der Waals surface area contributed by atoms with E-state index in [1.165, 1.54) is 13.0 Å². The van der Waals surface area contributed by atoms with Crippen molar-refractivity contribution in [2.24, 2.45) is 0 Å². The monoisotopic (exact) mass is 343 g/mol. The van der Waals surface area contributed by atoms with Gasteiger partial charge in [0.15, 0.2) is 11.9 Å². The lowest BCUT2D eigenvalue weighted by atomic mass is 10.1. The van der Waals surface area contributed by atoms with Gasteiger partial charge in [-0.15, -0.1) is 0 Å². The van der Waals surface area contributed by atoms with Crippen molar-refractivity contribution in [2.75, 3.05) is 26.4 Å². The summed E-state index contributed by atoms with van der Waals surface area (Å²) in [6.07, 6.45) is -1.95. The van der Waals surface area contributed by atoms with E-state index in [0.29, 0.717) is 6.61 Å². The zero-order valence-corrected chi connectivity index (χ0v) is 13.9. The number of carbonyl (C=O) groups is 3. The number of hydrogen-bond acceptors (Lipinski definition) is 8. The van der Waals surface area contributed by atoms with E-state index in [1.54, 1.807) is 13.8 Å². The van der Waals surface area contributed by atoms with Crippen molar-refractivity contribution in [3.63, 3.8) is 0 Å². The van der Waals surface area contributed by atoms with Crippen LogP contribution in [0.15, 0.2) is 11.8 Å². The van der Waals surface area contributed by atoms with Gasteiger partial charge in [-0.1, -0.05) is 0 Å². The molecule has 0 spiro atoms. The van der Waals surface area contributed by atoms with Crippen molar-refractivity contribution >= 4 is 18.0 Å². The molecule has 3 atom stereocenters. The summed E-state index contributed by atoms with van der Waals surface area (Å²) in [5.74, 6) is -1.27. The number of ether oxygens (including phenoxy) is 5. The third kappa shape index (κ3) is 4.04. The standard InChI is InChI=1S/C15H21NO8/c1-4-20-10-8-11(13(18)16-6-7-22-15(16)19)24-14(21-5-2)12(10)23-9(3)17/h8,10,12,14H,4-7H2,1-3H3/t10-,12+,14-/m1/s1. The molecule has 1 fully saturated rings. The highest BCUT2D eigenvalue weighted by Gasteiger charge is 2.42. The van der Waals surface area contributed by atoms with Crippen LogP contribution in [-0.2, 0) is 33.3 Å². The predicted octanol–water partition coefficient (Wildman–Crippen LogP) is 0.579. The van der Waals surface area contributed by atoms with Gasteiger partial charge in [0.25, 0.3) is 5.91 Å². The van der Waals surface area contributed by atoms with Crippen LogP contribution in [0.3, 0.4) is 0 Å². The Morgan fingerprint density at radius 3 is 2.54 bits per heavy atom. The van der Waals surface area contributed by atoms with Gasteiger partial charge in [0.1, 0.15) is 12.7 Å². The lowest BCUT2D eigenvalue weighted by molar-refractivity contribution is -0.222. The summed E-state index contributed by atoms with van der Waals surface area (Å²) >= 11 is 0. The summed E-state index contributed by atoms with van der Waals surface area (Å²) in [7, 11) is 0. The zero-order valence-electron chi connectivity index (χ0n) is 13.9. The zero-order chi connectivity index (χ0) is 17.7. The highest BCUT2D eigenvalue weighted by Crippen LogP contribution is 2.26. The van der Waals surface area contributed by atoms with Crippen LogP contribution >= 0.6 is 0 Å². The van der Waals surface area contributed by atoms with Gasteiger partial charge >= 0.3 is 12.1 Å². The molecule has 1 saturated heterocycles. The Morgan fingerprint density at radius 2 is 2.00 bits per heavy atom. The van der Waals surface area contributed by atoms with Crippen molar-refractivity contribution in [1.82, 2.24) is 4.90 Å². The minimum Gasteiger partial charge on any atom is -0.455 e. The van der Waals surface area contributed by atoms with Crippen LogP contribution in [0, 0.1) is 0 Å². The predicted molar refractivity (Wildman–Crippen MR) is 78.6 cm³/mol. The Bertz CT molecular complexity index is 532. The first-order chi connectivity index (χ1) is 11.5. The molecule has 9 nitrogen and oxygen atoms in total. The number of hydrogen-bond donors (Lipinski definition) is 0. The van der Waals surface area contributed by atoms with Crippen molar-refractivity contribution in [2.45, 2.75) is 39.3 Å². The topological polar surface area (TPSA) is 101 Å². The van der Waals surface area contributed by atoms with Gasteiger partial charge in [-0.3, -0.25) is 9.59 Å². The number of esters is 1. The third-order valence-corrected chi connectivity index (χ3v) is 3.36. The first-order valence-corrected chi connectivity index (χ1v) is 7.75. The number of cyclic esters (lactones) is 1. The summed E-state index contributed by atoms with van der Waals surface area (Å²) in [6.45, 7) is 5.64. The molecule has 134 valence electrons. The second-order valence-corrected chi connectivity index (χ2v) is 5.04. The Hall–Kier alpha value is -2.13. The number of carbonyl (C=O) groups excluding carboxylic acids is 3. The van der Waals surface area contributed by atoms with Gasteiger partial charge < -0.3 is 23.7 Å². The van der Waals surface area contributed by atoms with E-state index in [4.69, 9.17) is 23.7 Å². The lowest BCUT2D eigenvalue weighted by Crippen LogP contribution is -2.49. The molecule has 9 heteroatoms. The molecular formula is C15H21NO8. The maximum Gasteiger partial charge on any atom is 0.417 e. The Morgan fingerprint density at radius 1 is 1.29 bits per heavy atom. The van der Waals surface area contributed by atoms with Crippen LogP contribution in [-0.4, -0.2) is 67.7 Å². The molecule has 0 bridgehead atoms. The average Bonchev–Trinajstić information content (AvgIpc) is 2.95. The minimum atomic E-state index is -1.02. The molecule has 0 aromatic heterocycles. The maximum atomic E-state index is 12.5. The normalized spacial score (nSPS) is 26.5. The Labute approximate surface area is 139 Å². The molecule has 2 aliphatic heterocycles. The summed E-state index contributed by atoms with van der Waals surface area (Å²) in [6, 6.07) is 0. The number of imide groups is 1. The van der Waals surface area contributed by atoms with Gasteiger partial charge in [0.05, 0.1) is 6.54 Å². The number of nitrogens with zero attached hydrogens (tertiary/aromatic N) is 1. The van der Waals surface area contributed by atoms with E-state index in [1.807, 2.05) is 0 Å². The Balaban J connectivity index is 2.25. The van der Waals surface area contributed by atoms with Gasteiger partial charge in [0, 0.05) is 20.1 Å². The molecule has 2 heterocycles. The SMILES string of the molecule is CCO[C@@H]1OC(C(=O)N2CCOC2=O)=C[C@@H](OCC)[C@@H]1OC(C)=O. The van der Waals surface area contributed by atoms with Crippen molar-refractivity contribution in [3.05, 3.63) is 11.8 Å². The van der Waals surface area contributed by atoms with Crippen LogP contribution in [0.25, 0.3) is 0 Å². The van der Waals surface area contributed by atoms with E-state index >= 15 is 0 Å². The Kier molecular flexibility index (Phi) is 6.16. The van der Waals surface area contributed by atoms with Crippen molar-refractivity contribution in [1.29, 1.82) is 0 Å². The van der Waals surface area contributed by atoms with Gasteiger partial charge in [0.2, 0.25) is 6.29 Å².